The van der Waals surface area contributed by atoms with Gasteiger partial charge < -0.3 is 10.1 Å². The van der Waals surface area contributed by atoms with Crippen LogP contribution in [-0.4, -0.2) is 13.0 Å². The number of benzene rings is 2. The van der Waals surface area contributed by atoms with Crippen LogP contribution in [0.5, 0.6) is 5.75 Å². The van der Waals surface area contributed by atoms with Crippen LogP contribution in [0.15, 0.2) is 64.9 Å². The third-order valence-electron chi connectivity index (χ3n) is 3.49. The maximum absolute atomic E-state index is 12.7. The van der Waals surface area contributed by atoms with Crippen LogP contribution in [0.25, 0.3) is 0 Å². The van der Waals surface area contributed by atoms with Gasteiger partial charge in [0.1, 0.15) is 5.75 Å². The number of hydrogen-bond donors (Lipinski definition) is 1. The third-order valence-corrected chi connectivity index (χ3v) is 5.97. The molecule has 3 rings (SSSR count). The Morgan fingerprint density at radius 2 is 2.04 bits per heavy atom. The number of hydrogen-bond acceptors (Lipinski definition) is 4. The van der Waals surface area contributed by atoms with Gasteiger partial charge in [-0.2, -0.15) is 0 Å². The van der Waals surface area contributed by atoms with Crippen molar-refractivity contribution in [2.45, 2.75) is 10.6 Å². The molecule has 0 spiro atoms. The number of thioether (sulfide) groups is 1. The number of rotatable bonds is 6. The minimum Gasteiger partial charge on any atom is -0.495 e. The van der Waals surface area contributed by atoms with E-state index in [0.717, 1.165) is 10.6 Å². The molecule has 0 bridgehead atoms. The van der Waals surface area contributed by atoms with Gasteiger partial charge in [-0.15, -0.1) is 23.1 Å². The summed E-state index contributed by atoms with van der Waals surface area (Å²) in [6.45, 7) is 0. The number of nitrogens with one attached hydrogen (secondary N) is 1. The van der Waals surface area contributed by atoms with Gasteiger partial charge >= 0.3 is 0 Å². The maximum Gasteiger partial charge on any atom is 0.256 e. The van der Waals surface area contributed by atoms with Gasteiger partial charge in [-0.3, -0.25) is 4.79 Å². The van der Waals surface area contributed by atoms with E-state index < -0.39 is 0 Å². The molecular formula is C19H16ClNO2S2. The second kappa shape index (κ2) is 8.43. The second-order valence-corrected chi connectivity index (χ2v) is 7.62. The summed E-state index contributed by atoms with van der Waals surface area (Å²) in [7, 11) is 1.56. The van der Waals surface area contributed by atoms with Crippen molar-refractivity contribution in [1.82, 2.24) is 0 Å². The van der Waals surface area contributed by atoms with E-state index in [1.54, 1.807) is 48.4 Å². The van der Waals surface area contributed by atoms with E-state index in [1.165, 1.54) is 4.88 Å². The molecule has 1 aromatic heterocycles. The number of halogens is 1. The molecule has 128 valence electrons. The lowest BCUT2D eigenvalue weighted by molar-refractivity contribution is 0.102. The highest BCUT2D eigenvalue weighted by Crippen LogP contribution is 2.30. The van der Waals surface area contributed by atoms with Crippen molar-refractivity contribution in [3.63, 3.8) is 0 Å². The molecule has 0 unspecified atom stereocenters. The van der Waals surface area contributed by atoms with E-state index in [1.807, 2.05) is 30.3 Å². The summed E-state index contributed by atoms with van der Waals surface area (Å²) in [4.78, 5) is 14.9. The van der Waals surface area contributed by atoms with Crippen molar-refractivity contribution in [3.8, 4) is 5.75 Å². The van der Waals surface area contributed by atoms with Gasteiger partial charge in [0.25, 0.3) is 5.91 Å². The highest BCUT2D eigenvalue weighted by atomic mass is 35.5. The number of carbonyl (C=O) groups excluding carboxylic acids is 1. The van der Waals surface area contributed by atoms with E-state index in [4.69, 9.17) is 16.3 Å². The van der Waals surface area contributed by atoms with Crippen LogP contribution in [0.2, 0.25) is 5.02 Å². The zero-order chi connectivity index (χ0) is 17.6. The first-order chi connectivity index (χ1) is 12.2. The first-order valence-electron chi connectivity index (χ1n) is 7.56. The largest absolute Gasteiger partial charge is 0.495 e. The molecule has 25 heavy (non-hydrogen) atoms. The molecule has 0 atom stereocenters. The average Bonchev–Trinajstić information content (AvgIpc) is 3.14. The van der Waals surface area contributed by atoms with Gasteiger partial charge in [-0.05, 0) is 41.8 Å². The Balaban J connectivity index is 1.74. The molecule has 0 aliphatic rings. The molecule has 2 aromatic carbocycles. The molecular weight excluding hydrogens is 374 g/mol. The fourth-order valence-electron chi connectivity index (χ4n) is 2.27. The Kier molecular flexibility index (Phi) is 6.02. The molecule has 1 N–H and O–H groups in total. The normalized spacial score (nSPS) is 10.5. The molecule has 0 saturated carbocycles. The molecule has 1 amide bonds. The summed E-state index contributed by atoms with van der Waals surface area (Å²) in [5.74, 6) is 1.26. The molecule has 0 radical (unpaired) electrons. The van der Waals surface area contributed by atoms with E-state index in [-0.39, 0.29) is 5.91 Å². The zero-order valence-corrected chi connectivity index (χ0v) is 15.9. The monoisotopic (exact) mass is 389 g/mol. The number of carbonyl (C=O) groups is 1. The van der Waals surface area contributed by atoms with E-state index in [9.17, 15) is 4.79 Å². The highest BCUT2D eigenvalue weighted by molar-refractivity contribution is 7.98. The maximum atomic E-state index is 12.7. The van der Waals surface area contributed by atoms with Crippen LogP contribution in [-0.2, 0) is 5.75 Å². The minimum atomic E-state index is -0.157. The Morgan fingerprint density at radius 1 is 1.20 bits per heavy atom. The van der Waals surface area contributed by atoms with Gasteiger partial charge in [0.15, 0.2) is 0 Å². The Bertz CT molecular complexity index is 866. The number of anilines is 1. The van der Waals surface area contributed by atoms with E-state index in [0.29, 0.717) is 22.0 Å². The molecule has 0 aliphatic carbocycles. The van der Waals surface area contributed by atoms with Crippen molar-refractivity contribution in [1.29, 1.82) is 0 Å². The second-order valence-electron chi connectivity index (χ2n) is 5.17. The van der Waals surface area contributed by atoms with Gasteiger partial charge in [-0.1, -0.05) is 29.8 Å². The Morgan fingerprint density at radius 3 is 2.76 bits per heavy atom. The molecule has 0 saturated heterocycles. The Labute approximate surface area is 160 Å². The minimum absolute atomic E-state index is 0.157. The quantitative estimate of drug-likeness (QED) is 0.529. The summed E-state index contributed by atoms with van der Waals surface area (Å²) in [6.07, 6.45) is 0. The molecule has 0 aliphatic heterocycles. The number of thiophene rings is 1. The topological polar surface area (TPSA) is 38.3 Å². The summed E-state index contributed by atoms with van der Waals surface area (Å²) < 4.78 is 5.13. The lowest BCUT2D eigenvalue weighted by Crippen LogP contribution is -2.13. The molecule has 3 aromatic rings. The van der Waals surface area contributed by atoms with Gasteiger partial charge in [0.05, 0.1) is 17.7 Å². The zero-order valence-electron chi connectivity index (χ0n) is 13.5. The first-order valence-corrected chi connectivity index (χ1v) is 9.81. The SMILES string of the molecule is COc1ccc(NC(=O)c2ccccc2SCc2cccs2)cc1Cl. The van der Waals surface area contributed by atoms with Crippen molar-refractivity contribution in [2.75, 3.05) is 12.4 Å². The van der Waals surface area contributed by atoms with Crippen molar-refractivity contribution < 1.29 is 9.53 Å². The number of ether oxygens (including phenoxy) is 1. The van der Waals surface area contributed by atoms with Crippen molar-refractivity contribution >= 4 is 46.3 Å². The molecule has 3 nitrogen and oxygen atoms in total. The van der Waals surface area contributed by atoms with Crippen LogP contribution >= 0.6 is 34.7 Å². The molecule has 1 heterocycles. The van der Waals surface area contributed by atoms with Crippen LogP contribution in [0.4, 0.5) is 5.69 Å². The summed E-state index contributed by atoms with van der Waals surface area (Å²) in [5.41, 5.74) is 1.28. The van der Waals surface area contributed by atoms with Crippen molar-refractivity contribution in [3.05, 3.63) is 75.4 Å². The fourth-order valence-corrected chi connectivity index (χ4v) is 4.35. The lowest BCUT2D eigenvalue weighted by Gasteiger charge is -2.11. The highest BCUT2D eigenvalue weighted by Gasteiger charge is 2.13. The van der Waals surface area contributed by atoms with E-state index in [2.05, 4.69) is 16.8 Å². The summed E-state index contributed by atoms with van der Waals surface area (Å²) in [6, 6.07) is 16.9. The predicted octanol–water partition coefficient (Wildman–Crippen LogP) is 5.95. The number of methoxy groups -OCH3 is 1. The average molecular weight is 390 g/mol. The van der Waals surface area contributed by atoms with Gasteiger partial charge in [0, 0.05) is 21.2 Å². The summed E-state index contributed by atoms with van der Waals surface area (Å²) >= 11 is 9.49. The lowest BCUT2D eigenvalue weighted by atomic mass is 10.2. The van der Waals surface area contributed by atoms with Crippen molar-refractivity contribution in [2.24, 2.45) is 0 Å². The molecule has 6 heteroatoms. The van der Waals surface area contributed by atoms with Crippen LogP contribution in [0.3, 0.4) is 0 Å². The fraction of sp³-hybridized carbons (Fsp3) is 0.105. The van der Waals surface area contributed by atoms with Crippen LogP contribution in [0.1, 0.15) is 15.2 Å². The Hall–Kier alpha value is -1.95. The number of amides is 1. The van der Waals surface area contributed by atoms with Gasteiger partial charge in [-0.25, -0.2) is 0 Å². The summed E-state index contributed by atoms with van der Waals surface area (Å²) in [5, 5.41) is 5.41. The van der Waals surface area contributed by atoms with Crippen LogP contribution in [0, 0.1) is 0 Å². The smallest absolute Gasteiger partial charge is 0.256 e. The standard InChI is InChI=1S/C19H16ClNO2S2/c1-23-17-9-8-13(11-16(17)20)21-19(22)15-6-2-3-7-18(15)25-12-14-5-4-10-24-14/h2-11H,12H2,1H3,(H,21,22). The predicted molar refractivity (Wildman–Crippen MR) is 106 cm³/mol. The first kappa shape index (κ1) is 17.9. The molecule has 0 fully saturated rings. The van der Waals surface area contributed by atoms with Gasteiger partial charge in [0.2, 0.25) is 0 Å². The van der Waals surface area contributed by atoms with Crippen LogP contribution < -0.4 is 10.1 Å². The third kappa shape index (κ3) is 4.57. The van der Waals surface area contributed by atoms with E-state index >= 15 is 0 Å².